The van der Waals surface area contributed by atoms with Crippen LogP contribution in [0.15, 0.2) is 0 Å². The van der Waals surface area contributed by atoms with Crippen LogP contribution in [-0.4, -0.2) is 23.3 Å². The van der Waals surface area contributed by atoms with Gasteiger partial charge in [-0.3, -0.25) is 0 Å². The maximum Gasteiger partial charge on any atom is 0.0693 e. The Balaban J connectivity index is 2.39. The van der Waals surface area contributed by atoms with Gasteiger partial charge in [-0.2, -0.15) is 0 Å². The second-order valence-electron chi connectivity index (χ2n) is 5.61. The summed E-state index contributed by atoms with van der Waals surface area (Å²) < 4.78 is 0. The third kappa shape index (κ3) is 5.87. The zero-order valence-corrected chi connectivity index (χ0v) is 11.8. The van der Waals surface area contributed by atoms with Gasteiger partial charge in [0.2, 0.25) is 0 Å². The summed E-state index contributed by atoms with van der Waals surface area (Å²) in [7, 11) is 0. The molecule has 3 atom stereocenters. The first-order chi connectivity index (χ1) is 8.27. The van der Waals surface area contributed by atoms with E-state index in [0.717, 1.165) is 12.8 Å². The maximum atomic E-state index is 10.1. The number of hydrogen-bond donors (Lipinski definition) is 2. The highest BCUT2D eigenvalue weighted by atomic mass is 16.3. The molecule has 0 heterocycles. The molecule has 2 N–H and O–H groups in total. The molecular weight excluding hydrogens is 210 g/mol. The maximum absolute atomic E-state index is 10.1. The molecule has 102 valence electrons. The van der Waals surface area contributed by atoms with E-state index in [1.165, 1.54) is 51.4 Å². The third-order valence-electron chi connectivity index (χ3n) is 3.97. The van der Waals surface area contributed by atoms with Crippen molar-refractivity contribution in [2.75, 3.05) is 0 Å². The van der Waals surface area contributed by atoms with E-state index in [1.807, 2.05) is 0 Å². The Kier molecular flexibility index (Phi) is 7.87. The van der Waals surface area contributed by atoms with Crippen molar-refractivity contribution < 1.29 is 5.11 Å². The third-order valence-corrected chi connectivity index (χ3v) is 3.97. The van der Waals surface area contributed by atoms with Crippen molar-refractivity contribution in [1.82, 2.24) is 5.32 Å². The van der Waals surface area contributed by atoms with Crippen LogP contribution < -0.4 is 5.32 Å². The Hall–Kier alpha value is -0.0800. The van der Waals surface area contributed by atoms with Gasteiger partial charge in [0.05, 0.1) is 6.10 Å². The molecular formula is C15H31NO. The first kappa shape index (κ1) is 15.0. The largest absolute Gasteiger partial charge is 0.392 e. The lowest BCUT2D eigenvalue weighted by Crippen LogP contribution is -2.45. The number of hydrogen-bond acceptors (Lipinski definition) is 2. The molecule has 3 unspecified atom stereocenters. The van der Waals surface area contributed by atoms with Gasteiger partial charge in [0, 0.05) is 12.1 Å². The average molecular weight is 241 g/mol. The van der Waals surface area contributed by atoms with E-state index in [0.29, 0.717) is 12.1 Å². The molecule has 0 spiro atoms. The fourth-order valence-corrected chi connectivity index (χ4v) is 2.90. The van der Waals surface area contributed by atoms with Crippen LogP contribution in [0.3, 0.4) is 0 Å². The zero-order chi connectivity index (χ0) is 12.5. The molecule has 0 radical (unpaired) electrons. The SMILES string of the molecule is CCCCC(CCC)NC1CCCCCC1O. The first-order valence-corrected chi connectivity index (χ1v) is 7.72. The van der Waals surface area contributed by atoms with E-state index in [-0.39, 0.29) is 6.10 Å². The summed E-state index contributed by atoms with van der Waals surface area (Å²) in [6.07, 6.45) is 12.2. The molecule has 1 rings (SSSR count). The minimum Gasteiger partial charge on any atom is -0.392 e. The van der Waals surface area contributed by atoms with Crippen LogP contribution >= 0.6 is 0 Å². The highest BCUT2D eigenvalue weighted by molar-refractivity contribution is 4.82. The van der Waals surface area contributed by atoms with Crippen molar-refractivity contribution >= 4 is 0 Å². The second-order valence-corrected chi connectivity index (χ2v) is 5.61. The molecule has 0 saturated heterocycles. The smallest absolute Gasteiger partial charge is 0.0693 e. The Bertz CT molecular complexity index is 184. The summed E-state index contributed by atoms with van der Waals surface area (Å²) in [6.45, 7) is 4.51. The van der Waals surface area contributed by atoms with Gasteiger partial charge in [0.15, 0.2) is 0 Å². The lowest BCUT2D eigenvalue weighted by molar-refractivity contribution is 0.111. The van der Waals surface area contributed by atoms with E-state index in [1.54, 1.807) is 0 Å². The highest BCUT2D eigenvalue weighted by Crippen LogP contribution is 2.20. The summed E-state index contributed by atoms with van der Waals surface area (Å²) in [5.74, 6) is 0. The molecule has 2 heteroatoms. The molecule has 1 saturated carbocycles. The molecule has 0 aromatic carbocycles. The first-order valence-electron chi connectivity index (χ1n) is 7.72. The summed E-state index contributed by atoms with van der Waals surface area (Å²) in [5.41, 5.74) is 0. The lowest BCUT2D eigenvalue weighted by Gasteiger charge is -2.28. The van der Waals surface area contributed by atoms with Crippen molar-refractivity contribution in [3.8, 4) is 0 Å². The Labute approximate surface area is 107 Å². The average Bonchev–Trinajstić information content (AvgIpc) is 2.52. The minimum atomic E-state index is -0.113. The van der Waals surface area contributed by atoms with Crippen LogP contribution in [0.25, 0.3) is 0 Å². The van der Waals surface area contributed by atoms with Crippen molar-refractivity contribution in [2.24, 2.45) is 0 Å². The molecule has 0 aromatic heterocycles. The van der Waals surface area contributed by atoms with Gasteiger partial charge in [0.1, 0.15) is 0 Å². The molecule has 17 heavy (non-hydrogen) atoms. The Morgan fingerprint density at radius 2 is 1.82 bits per heavy atom. The summed E-state index contributed by atoms with van der Waals surface area (Å²) >= 11 is 0. The van der Waals surface area contributed by atoms with E-state index in [9.17, 15) is 5.11 Å². The number of unbranched alkanes of at least 4 members (excludes halogenated alkanes) is 1. The van der Waals surface area contributed by atoms with E-state index in [4.69, 9.17) is 0 Å². The van der Waals surface area contributed by atoms with Gasteiger partial charge in [-0.25, -0.2) is 0 Å². The van der Waals surface area contributed by atoms with Gasteiger partial charge in [-0.1, -0.05) is 52.4 Å². The molecule has 0 aromatic rings. The van der Waals surface area contributed by atoms with Gasteiger partial charge >= 0.3 is 0 Å². The normalized spacial score (nSPS) is 27.7. The second kappa shape index (κ2) is 8.93. The quantitative estimate of drug-likeness (QED) is 0.667. The number of nitrogens with one attached hydrogen (secondary N) is 1. The summed E-state index contributed by atoms with van der Waals surface area (Å²) in [6, 6.07) is 0.976. The van der Waals surface area contributed by atoms with Gasteiger partial charge in [-0.15, -0.1) is 0 Å². The van der Waals surface area contributed by atoms with Gasteiger partial charge < -0.3 is 10.4 Å². The van der Waals surface area contributed by atoms with Crippen molar-refractivity contribution in [1.29, 1.82) is 0 Å². The number of aliphatic hydroxyl groups is 1. The van der Waals surface area contributed by atoms with Crippen LogP contribution in [-0.2, 0) is 0 Å². The Morgan fingerprint density at radius 3 is 2.53 bits per heavy atom. The predicted molar refractivity (Wildman–Crippen MR) is 74.2 cm³/mol. The molecule has 0 amide bonds. The van der Waals surface area contributed by atoms with Crippen molar-refractivity contribution in [2.45, 2.75) is 96.2 Å². The number of aliphatic hydroxyl groups excluding tert-OH is 1. The van der Waals surface area contributed by atoms with Gasteiger partial charge in [-0.05, 0) is 25.7 Å². The molecule has 1 aliphatic rings. The highest BCUT2D eigenvalue weighted by Gasteiger charge is 2.23. The summed E-state index contributed by atoms with van der Waals surface area (Å²) in [5, 5.41) is 13.9. The van der Waals surface area contributed by atoms with Crippen LogP contribution in [0.2, 0.25) is 0 Å². The topological polar surface area (TPSA) is 32.3 Å². The van der Waals surface area contributed by atoms with Crippen LogP contribution in [0, 0.1) is 0 Å². The van der Waals surface area contributed by atoms with E-state index >= 15 is 0 Å². The van der Waals surface area contributed by atoms with E-state index in [2.05, 4.69) is 19.2 Å². The molecule has 1 fully saturated rings. The van der Waals surface area contributed by atoms with E-state index < -0.39 is 0 Å². The predicted octanol–water partition coefficient (Wildman–Crippen LogP) is 3.63. The molecule has 1 aliphatic carbocycles. The van der Waals surface area contributed by atoms with Crippen LogP contribution in [0.4, 0.5) is 0 Å². The van der Waals surface area contributed by atoms with Crippen LogP contribution in [0.1, 0.15) is 78.1 Å². The van der Waals surface area contributed by atoms with Gasteiger partial charge in [0.25, 0.3) is 0 Å². The fourth-order valence-electron chi connectivity index (χ4n) is 2.90. The monoisotopic (exact) mass is 241 g/mol. The number of rotatable bonds is 7. The zero-order valence-electron chi connectivity index (χ0n) is 11.8. The molecule has 2 nitrogen and oxygen atoms in total. The van der Waals surface area contributed by atoms with Crippen molar-refractivity contribution in [3.63, 3.8) is 0 Å². The Morgan fingerprint density at radius 1 is 1.06 bits per heavy atom. The standard InChI is InChI=1S/C15H31NO/c1-3-5-10-13(9-4-2)16-14-11-7-6-8-12-15(14)17/h13-17H,3-12H2,1-2H3. The molecule has 0 bridgehead atoms. The van der Waals surface area contributed by atoms with Crippen molar-refractivity contribution in [3.05, 3.63) is 0 Å². The fraction of sp³-hybridized carbons (Fsp3) is 1.00. The van der Waals surface area contributed by atoms with Crippen LogP contribution in [0.5, 0.6) is 0 Å². The summed E-state index contributed by atoms with van der Waals surface area (Å²) in [4.78, 5) is 0. The lowest BCUT2D eigenvalue weighted by atomic mass is 10.00. The minimum absolute atomic E-state index is 0.113. The molecule has 0 aliphatic heterocycles.